The first-order chi connectivity index (χ1) is 12.3. The van der Waals surface area contributed by atoms with E-state index >= 15 is 0 Å². The van der Waals surface area contributed by atoms with Gasteiger partial charge in [0.2, 0.25) is 5.88 Å². The van der Waals surface area contributed by atoms with Gasteiger partial charge < -0.3 is 9.64 Å². The zero-order valence-corrected chi connectivity index (χ0v) is 14.3. The number of piperidine rings is 1. The maximum Gasteiger partial charge on any atom is 0.255 e. The van der Waals surface area contributed by atoms with E-state index in [9.17, 15) is 4.79 Å². The topological polar surface area (TPSA) is 73.1 Å². The highest BCUT2D eigenvalue weighted by Gasteiger charge is 2.25. The maximum absolute atomic E-state index is 12.7. The molecule has 3 heterocycles. The van der Waals surface area contributed by atoms with Gasteiger partial charge in [0.05, 0.1) is 24.0 Å². The highest BCUT2D eigenvalue weighted by Crippen LogP contribution is 2.24. The van der Waals surface area contributed by atoms with Gasteiger partial charge in [0.25, 0.3) is 5.91 Å². The summed E-state index contributed by atoms with van der Waals surface area (Å²) in [4.78, 5) is 20.6. The molecule has 0 radical (unpaired) electrons. The van der Waals surface area contributed by atoms with Crippen molar-refractivity contribution >= 4 is 5.91 Å². The molecule has 2 aliphatic rings. The van der Waals surface area contributed by atoms with Crippen LogP contribution in [0, 0.1) is 0 Å². The normalized spacial score (nSPS) is 19.3. The number of amides is 1. The SMILES string of the molecule is O=C(c1ccc(OC2CCCC2)nc1)N1CCC(n2nccn2)CC1. The standard InChI is InChI=1S/C18H23N5O2/c24-18(22-11-7-15(8-12-22)23-20-9-10-21-23)14-5-6-17(19-13-14)25-16-3-1-2-4-16/h5-6,9-10,13,15-16H,1-4,7-8,11-12H2. The first kappa shape index (κ1) is 16.1. The number of pyridine rings is 1. The Hall–Kier alpha value is -2.44. The van der Waals surface area contributed by atoms with E-state index in [0.717, 1.165) is 25.7 Å². The molecule has 7 heteroatoms. The zero-order chi connectivity index (χ0) is 17.1. The summed E-state index contributed by atoms with van der Waals surface area (Å²) in [6.07, 6.45) is 11.7. The van der Waals surface area contributed by atoms with Gasteiger partial charge in [0, 0.05) is 25.4 Å². The molecule has 0 unspecified atom stereocenters. The van der Waals surface area contributed by atoms with Crippen molar-refractivity contribution in [1.29, 1.82) is 0 Å². The molecule has 1 aliphatic heterocycles. The number of carbonyl (C=O) groups is 1. The van der Waals surface area contributed by atoms with E-state index < -0.39 is 0 Å². The van der Waals surface area contributed by atoms with Gasteiger partial charge in [-0.2, -0.15) is 15.0 Å². The van der Waals surface area contributed by atoms with Gasteiger partial charge in [-0.3, -0.25) is 4.79 Å². The number of carbonyl (C=O) groups excluding carboxylic acids is 1. The molecular formula is C18H23N5O2. The second-order valence-corrected chi connectivity index (χ2v) is 6.78. The molecule has 0 aromatic carbocycles. The average molecular weight is 341 g/mol. The Morgan fingerprint density at radius 2 is 1.76 bits per heavy atom. The Morgan fingerprint density at radius 1 is 1.04 bits per heavy atom. The lowest BCUT2D eigenvalue weighted by atomic mass is 10.0. The Labute approximate surface area is 147 Å². The Balaban J connectivity index is 1.33. The van der Waals surface area contributed by atoms with E-state index in [1.807, 2.05) is 17.0 Å². The van der Waals surface area contributed by atoms with E-state index in [1.54, 1.807) is 23.4 Å². The molecule has 0 N–H and O–H groups in total. The van der Waals surface area contributed by atoms with Crippen molar-refractivity contribution < 1.29 is 9.53 Å². The third kappa shape index (κ3) is 3.65. The van der Waals surface area contributed by atoms with Crippen molar-refractivity contribution in [3.05, 3.63) is 36.3 Å². The lowest BCUT2D eigenvalue weighted by Gasteiger charge is -2.31. The lowest BCUT2D eigenvalue weighted by Crippen LogP contribution is -2.39. The van der Waals surface area contributed by atoms with E-state index in [1.165, 1.54) is 12.8 Å². The Bertz CT molecular complexity index is 687. The third-order valence-corrected chi connectivity index (χ3v) is 5.09. The van der Waals surface area contributed by atoms with Crippen molar-refractivity contribution in [3.8, 4) is 5.88 Å². The molecule has 25 heavy (non-hydrogen) atoms. The summed E-state index contributed by atoms with van der Waals surface area (Å²) >= 11 is 0. The minimum absolute atomic E-state index is 0.0341. The van der Waals surface area contributed by atoms with Crippen molar-refractivity contribution in [1.82, 2.24) is 24.9 Å². The minimum Gasteiger partial charge on any atom is -0.474 e. The second-order valence-electron chi connectivity index (χ2n) is 6.78. The number of rotatable bonds is 4. The fourth-order valence-electron chi connectivity index (χ4n) is 3.65. The molecule has 2 fully saturated rings. The average Bonchev–Trinajstić information content (AvgIpc) is 3.36. The molecule has 1 saturated heterocycles. The summed E-state index contributed by atoms with van der Waals surface area (Å²) in [5, 5.41) is 8.40. The van der Waals surface area contributed by atoms with E-state index in [-0.39, 0.29) is 18.1 Å². The van der Waals surface area contributed by atoms with Crippen LogP contribution in [-0.2, 0) is 0 Å². The van der Waals surface area contributed by atoms with Crippen LogP contribution in [0.4, 0.5) is 0 Å². The Morgan fingerprint density at radius 3 is 2.40 bits per heavy atom. The highest BCUT2D eigenvalue weighted by molar-refractivity contribution is 5.94. The van der Waals surface area contributed by atoms with Crippen LogP contribution in [0.15, 0.2) is 30.7 Å². The number of likely N-dealkylation sites (tertiary alicyclic amines) is 1. The van der Waals surface area contributed by atoms with Crippen LogP contribution in [0.3, 0.4) is 0 Å². The van der Waals surface area contributed by atoms with E-state index in [2.05, 4.69) is 15.2 Å². The highest BCUT2D eigenvalue weighted by atomic mass is 16.5. The van der Waals surface area contributed by atoms with Crippen LogP contribution in [0.5, 0.6) is 5.88 Å². The summed E-state index contributed by atoms with van der Waals surface area (Å²) in [5.41, 5.74) is 0.620. The Kier molecular flexibility index (Phi) is 4.63. The van der Waals surface area contributed by atoms with Crippen LogP contribution in [-0.4, -0.2) is 50.0 Å². The minimum atomic E-state index is 0.0341. The first-order valence-electron chi connectivity index (χ1n) is 9.07. The van der Waals surface area contributed by atoms with Gasteiger partial charge in [0.1, 0.15) is 6.10 Å². The number of hydrogen-bond acceptors (Lipinski definition) is 5. The lowest BCUT2D eigenvalue weighted by molar-refractivity contribution is 0.0683. The number of hydrogen-bond donors (Lipinski definition) is 0. The molecule has 0 atom stereocenters. The fraction of sp³-hybridized carbons (Fsp3) is 0.556. The zero-order valence-electron chi connectivity index (χ0n) is 14.3. The van der Waals surface area contributed by atoms with E-state index in [4.69, 9.17) is 4.74 Å². The van der Waals surface area contributed by atoms with Gasteiger partial charge in [-0.05, 0) is 44.6 Å². The molecular weight excluding hydrogens is 318 g/mol. The van der Waals surface area contributed by atoms with Gasteiger partial charge >= 0.3 is 0 Å². The molecule has 0 bridgehead atoms. The van der Waals surface area contributed by atoms with Crippen molar-refractivity contribution in [2.75, 3.05) is 13.1 Å². The summed E-state index contributed by atoms with van der Waals surface area (Å²) in [6.45, 7) is 1.43. The van der Waals surface area contributed by atoms with Gasteiger partial charge in [0.15, 0.2) is 0 Å². The number of aromatic nitrogens is 4. The molecule has 1 aliphatic carbocycles. The summed E-state index contributed by atoms with van der Waals surface area (Å²) in [5.74, 6) is 0.652. The molecule has 7 nitrogen and oxygen atoms in total. The van der Waals surface area contributed by atoms with Crippen LogP contribution in [0.1, 0.15) is 54.9 Å². The van der Waals surface area contributed by atoms with Crippen LogP contribution < -0.4 is 4.74 Å². The maximum atomic E-state index is 12.7. The van der Waals surface area contributed by atoms with Gasteiger partial charge in [-0.15, -0.1) is 0 Å². The molecule has 0 spiro atoms. The summed E-state index contributed by atoms with van der Waals surface area (Å²) in [6, 6.07) is 3.91. The van der Waals surface area contributed by atoms with Gasteiger partial charge in [-0.1, -0.05) is 0 Å². The number of nitrogens with zero attached hydrogens (tertiary/aromatic N) is 5. The number of ether oxygens (including phenoxy) is 1. The first-order valence-corrected chi connectivity index (χ1v) is 9.07. The summed E-state index contributed by atoms with van der Waals surface area (Å²) in [7, 11) is 0. The van der Waals surface area contributed by atoms with Crippen molar-refractivity contribution in [2.24, 2.45) is 0 Å². The van der Waals surface area contributed by atoms with Crippen LogP contribution in [0.2, 0.25) is 0 Å². The third-order valence-electron chi connectivity index (χ3n) is 5.09. The van der Waals surface area contributed by atoms with Crippen LogP contribution >= 0.6 is 0 Å². The summed E-state index contributed by atoms with van der Waals surface area (Å²) < 4.78 is 5.86. The quantitative estimate of drug-likeness (QED) is 0.854. The smallest absolute Gasteiger partial charge is 0.255 e. The molecule has 1 saturated carbocycles. The van der Waals surface area contributed by atoms with Crippen LogP contribution in [0.25, 0.3) is 0 Å². The van der Waals surface area contributed by atoms with E-state index in [0.29, 0.717) is 24.5 Å². The second kappa shape index (κ2) is 7.21. The van der Waals surface area contributed by atoms with Crippen molar-refractivity contribution in [3.63, 3.8) is 0 Å². The molecule has 2 aromatic rings. The predicted molar refractivity (Wildman–Crippen MR) is 91.3 cm³/mol. The molecule has 2 aromatic heterocycles. The largest absolute Gasteiger partial charge is 0.474 e. The van der Waals surface area contributed by atoms with Gasteiger partial charge in [-0.25, -0.2) is 4.98 Å². The molecule has 132 valence electrons. The molecule has 1 amide bonds. The predicted octanol–water partition coefficient (Wildman–Crippen LogP) is 2.47. The monoisotopic (exact) mass is 341 g/mol. The molecule has 4 rings (SSSR count). The fourth-order valence-corrected chi connectivity index (χ4v) is 3.65. The van der Waals surface area contributed by atoms with Crippen molar-refractivity contribution in [2.45, 2.75) is 50.7 Å².